The van der Waals surface area contributed by atoms with E-state index in [-0.39, 0.29) is 12.0 Å². The predicted octanol–water partition coefficient (Wildman–Crippen LogP) is 3.12. The molecule has 76 valence electrons. The van der Waals surface area contributed by atoms with E-state index in [4.69, 9.17) is 0 Å². The van der Waals surface area contributed by atoms with Crippen molar-refractivity contribution in [2.24, 2.45) is 0 Å². The van der Waals surface area contributed by atoms with E-state index >= 15 is 0 Å². The van der Waals surface area contributed by atoms with Crippen molar-refractivity contribution >= 4 is 0 Å². The highest BCUT2D eigenvalue weighted by Crippen LogP contribution is 2.19. The lowest BCUT2D eigenvalue weighted by atomic mass is 9.95. The molecule has 1 heteroatoms. The quantitative estimate of drug-likeness (QED) is 0.723. The number of benzene rings is 1. The van der Waals surface area contributed by atoms with Crippen LogP contribution in [0.1, 0.15) is 31.7 Å². The molecular weight excluding hydrogens is 172 g/mol. The lowest BCUT2D eigenvalue weighted by Crippen LogP contribution is -2.12. The van der Waals surface area contributed by atoms with Crippen molar-refractivity contribution in [2.75, 3.05) is 0 Å². The van der Waals surface area contributed by atoms with Gasteiger partial charge < -0.3 is 5.11 Å². The van der Waals surface area contributed by atoms with Crippen LogP contribution in [0, 0.1) is 0 Å². The van der Waals surface area contributed by atoms with E-state index in [2.05, 4.69) is 6.92 Å². The Morgan fingerprint density at radius 3 is 2.50 bits per heavy atom. The van der Waals surface area contributed by atoms with Crippen LogP contribution in [0.3, 0.4) is 0 Å². The van der Waals surface area contributed by atoms with Crippen molar-refractivity contribution in [2.45, 2.75) is 32.3 Å². The fourth-order valence-electron chi connectivity index (χ4n) is 1.40. The summed E-state index contributed by atoms with van der Waals surface area (Å²) in [4.78, 5) is 0. The van der Waals surface area contributed by atoms with Gasteiger partial charge in [-0.1, -0.05) is 56.3 Å². The van der Waals surface area contributed by atoms with E-state index in [1.807, 2.05) is 49.4 Å². The molecule has 0 spiro atoms. The maximum atomic E-state index is 9.82. The second-order valence-electron chi connectivity index (χ2n) is 3.53. The van der Waals surface area contributed by atoms with Gasteiger partial charge in [0.2, 0.25) is 0 Å². The van der Waals surface area contributed by atoms with Gasteiger partial charge in [0.1, 0.15) is 0 Å². The fourth-order valence-corrected chi connectivity index (χ4v) is 1.40. The molecule has 1 nitrogen and oxygen atoms in total. The summed E-state index contributed by atoms with van der Waals surface area (Å²) in [6.07, 6.45) is 4.47. The maximum absolute atomic E-state index is 9.82. The average Bonchev–Trinajstić information content (AvgIpc) is 2.26. The largest absolute Gasteiger partial charge is 0.388 e. The highest BCUT2D eigenvalue weighted by Gasteiger charge is 2.12. The summed E-state index contributed by atoms with van der Waals surface area (Å²) in [5.74, 6) is 0.166. The van der Waals surface area contributed by atoms with Crippen LogP contribution >= 0.6 is 0 Å². The lowest BCUT2D eigenvalue weighted by molar-refractivity contribution is 0.196. The second kappa shape index (κ2) is 5.61. The lowest BCUT2D eigenvalue weighted by Gasteiger charge is -2.15. The Bertz CT molecular complexity index is 277. The third-order valence-electron chi connectivity index (χ3n) is 2.41. The van der Waals surface area contributed by atoms with E-state index in [0.29, 0.717) is 0 Å². The van der Waals surface area contributed by atoms with Crippen LogP contribution < -0.4 is 0 Å². The van der Waals surface area contributed by atoms with Gasteiger partial charge in [-0.2, -0.15) is 0 Å². The van der Waals surface area contributed by atoms with Crippen LogP contribution in [0.2, 0.25) is 0 Å². The molecule has 0 fully saturated rings. The van der Waals surface area contributed by atoms with Gasteiger partial charge in [0.15, 0.2) is 0 Å². The highest BCUT2D eigenvalue weighted by molar-refractivity contribution is 5.21. The molecule has 1 rings (SSSR count). The van der Waals surface area contributed by atoms with E-state index in [1.54, 1.807) is 0 Å². The van der Waals surface area contributed by atoms with Crippen molar-refractivity contribution in [1.29, 1.82) is 0 Å². The number of aliphatic hydroxyl groups is 1. The second-order valence-corrected chi connectivity index (χ2v) is 3.53. The first kappa shape index (κ1) is 11.0. The van der Waals surface area contributed by atoms with Gasteiger partial charge in [-0.3, -0.25) is 0 Å². The molecule has 1 aromatic rings. The zero-order valence-corrected chi connectivity index (χ0v) is 8.85. The van der Waals surface area contributed by atoms with Crippen molar-refractivity contribution in [1.82, 2.24) is 0 Å². The first-order valence-corrected chi connectivity index (χ1v) is 5.15. The normalized spacial score (nSPS) is 15.6. The Kier molecular flexibility index (Phi) is 4.41. The van der Waals surface area contributed by atoms with Crippen LogP contribution in [-0.2, 0) is 0 Å². The van der Waals surface area contributed by atoms with Gasteiger partial charge in [0.05, 0.1) is 6.10 Å². The number of hydrogen-bond acceptors (Lipinski definition) is 1. The van der Waals surface area contributed by atoms with Gasteiger partial charge in [-0.05, 0) is 12.0 Å². The highest BCUT2D eigenvalue weighted by atomic mass is 16.3. The van der Waals surface area contributed by atoms with E-state index in [9.17, 15) is 5.11 Å². The molecule has 0 aliphatic rings. The molecule has 0 radical (unpaired) electrons. The summed E-state index contributed by atoms with van der Waals surface area (Å²) in [5, 5.41) is 9.82. The molecule has 0 amide bonds. The van der Waals surface area contributed by atoms with E-state index in [1.165, 1.54) is 5.56 Å². The average molecular weight is 190 g/mol. The Morgan fingerprint density at radius 1 is 1.29 bits per heavy atom. The Hall–Kier alpha value is -1.08. The summed E-state index contributed by atoms with van der Waals surface area (Å²) >= 11 is 0. The third-order valence-corrected chi connectivity index (χ3v) is 2.41. The van der Waals surface area contributed by atoms with Gasteiger partial charge in [-0.25, -0.2) is 0 Å². The minimum absolute atomic E-state index is 0.166. The molecule has 0 aromatic heterocycles. The minimum atomic E-state index is -0.377. The molecule has 0 saturated heterocycles. The number of hydrogen-bond donors (Lipinski definition) is 1. The molecule has 0 aliphatic carbocycles. The summed E-state index contributed by atoms with van der Waals surface area (Å²) < 4.78 is 0. The minimum Gasteiger partial charge on any atom is -0.388 e. The standard InChI is InChI=1S/C13H18O/c1-3-4-10-13(14)11(2)12-8-6-5-7-9-12/h4-11,13-14H,3H2,1-2H3/b10-4+. The van der Waals surface area contributed by atoms with Gasteiger partial charge in [-0.15, -0.1) is 0 Å². The topological polar surface area (TPSA) is 20.2 Å². The van der Waals surface area contributed by atoms with Crippen LogP contribution in [0.5, 0.6) is 0 Å². The molecular formula is C13H18O. The Balaban J connectivity index is 2.65. The first-order chi connectivity index (χ1) is 6.75. The molecule has 1 N–H and O–H groups in total. The third kappa shape index (κ3) is 3.00. The SMILES string of the molecule is CC/C=C/C(O)C(C)c1ccccc1. The number of allylic oxidation sites excluding steroid dienone is 1. The predicted molar refractivity (Wildman–Crippen MR) is 60.3 cm³/mol. The van der Waals surface area contributed by atoms with Crippen LogP contribution in [0.15, 0.2) is 42.5 Å². The zero-order chi connectivity index (χ0) is 10.4. The Labute approximate surface area is 86.1 Å². The maximum Gasteiger partial charge on any atom is 0.0786 e. The van der Waals surface area contributed by atoms with Crippen LogP contribution in [0.25, 0.3) is 0 Å². The molecule has 0 saturated carbocycles. The summed E-state index contributed by atoms with van der Waals surface area (Å²) in [7, 11) is 0. The van der Waals surface area contributed by atoms with Gasteiger partial charge in [0.25, 0.3) is 0 Å². The van der Waals surface area contributed by atoms with Crippen molar-refractivity contribution in [3.05, 3.63) is 48.0 Å². The molecule has 14 heavy (non-hydrogen) atoms. The van der Waals surface area contributed by atoms with E-state index in [0.717, 1.165) is 6.42 Å². The van der Waals surface area contributed by atoms with Crippen molar-refractivity contribution in [3.63, 3.8) is 0 Å². The smallest absolute Gasteiger partial charge is 0.0786 e. The molecule has 0 bridgehead atoms. The van der Waals surface area contributed by atoms with Crippen LogP contribution in [0.4, 0.5) is 0 Å². The molecule has 2 atom stereocenters. The molecule has 0 aliphatic heterocycles. The molecule has 0 heterocycles. The van der Waals surface area contributed by atoms with Crippen molar-refractivity contribution < 1.29 is 5.11 Å². The number of rotatable bonds is 4. The van der Waals surface area contributed by atoms with Gasteiger partial charge in [0, 0.05) is 5.92 Å². The Morgan fingerprint density at radius 2 is 1.93 bits per heavy atom. The summed E-state index contributed by atoms with van der Waals surface area (Å²) in [5.41, 5.74) is 1.18. The first-order valence-electron chi connectivity index (χ1n) is 5.15. The molecule has 1 aromatic carbocycles. The summed E-state index contributed by atoms with van der Waals surface area (Å²) in [6.45, 7) is 4.11. The van der Waals surface area contributed by atoms with Crippen LogP contribution in [-0.4, -0.2) is 11.2 Å². The fraction of sp³-hybridized carbons (Fsp3) is 0.385. The summed E-state index contributed by atoms with van der Waals surface area (Å²) in [6, 6.07) is 10.1. The monoisotopic (exact) mass is 190 g/mol. The molecule has 2 unspecified atom stereocenters. The van der Waals surface area contributed by atoms with E-state index < -0.39 is 0 Å². The number of aliphatic hydroxyl groups excluding tert-OH is 1. The zero-order valence-electron chi connectivity index (χ0n) is 8.85. The van der Waals surface area contributed by atoms with Crippen molar-refractivity contribution in [3.8, 4) is 0 Å². The van der Waals surface area contributed by atoms with Gasteiger partial charge >= 0.3 is 0 Å².